The Morgan fingerprint density at radius 3 is 2.07 bits per heavy atom. The van der Waals surface area contributed by atoms with Gasteiger partial charge >= 0.3 is 5.97 Å². The first-order chi connectivity index (χ1) is 6.65. The average Bonchev–Trinajstić information content (AvgIpc) is 2.16. The van der Waals surface area contributed by atoms with E-state index in [2.05, 4.69) is 0 Å². The zero-order valence-electron chi connectivity index (χ0n) is 8.85. The molecular weight excluding hydrogens is 188 g/mol. The van der Waals surface area contributed by atoms with Gasteiger partial charge in [0.05, 0.1) is 0 Å². The highest BCUT2D eigenvalue weighted by atomic mass is 16.6. The van der Waals surface area contributed by atoms with Gasteiger partial charge in [-0.25, -0.2) is 4.79 Å². The predicted octanol–water partition coefficient (Wildman–Crippen LogP) is -0.0233. The standard InChI is InChI=1S/C9H16O5/c1-5-6(11-2)7(12-3)8(13-4)9(10)14-5/h5-8H,1-4H3/t5-,6+,7+,8+/m0/s1. The van der Waals surface area contributed by atoms with Gasteiger partial charge in [-0.2, -0.15) is 0 Å². The molecule has 5 nitrogen and oxygen atoms in total. The monoisotopic (exact) mass is 204 g/mol. The number of carbonyl (C=O) groups is 1. The Bertz CT molecular complexity index is 205. The van der Waals surface area contributed by atoms with Gasteiger partial charge < -0.3 is 18.9 Å². The smallest absolute Gasteiger partial charge is 0.338 e. The van der Waals surface area contributed by atoms with E-state index < -0.39 is 18.2 Å². The molecule has 5 heteroatoms. The van der Waals surface area contributed by atoms with Gasteiger partial charge in [0.15, 0.2) is 6.10 Å². The third-order valence-corrected chi connectivity index (χ3v) is 2.42. The minimum atomic E-state index is -0.707. The molecule has 0 N–H and O–H groups in total. The minimum absolute atomic E-state index is 0.289. The van der Waals surface area contributed by atoms with E-state index in [1.807, 2.05) is 0 Å². The third kappa shape index (κ3) is 1.89. The van der Waals surface area contributed by atoms with Gasteiger partial charge in [-0.05, 0) is 6.92 Å². The van der Waals surface area contributed by atoms with Crippen LogP contribution in [0.5, 0.6) is 0 Å². The maximum Gasteiger partial charge on any atom is 0.338 e. The fraction of sp³-hybridized carbons (Fsp3) is 0.889. The first kappa shape index (κ1) is 11.4. The van der Waals surface area contributed by atoms with Crippen molar-refractivity contribution in [3.8, 4) is 0 Å². The van der Waals surface area contributed by atoms with Gasteiger partial charge in [-0.3, -0.25) is 0 Å². The van der Waals surface area contributed by atoms with E-state index in [-0.39, 0.29) is 12.2 Å². The normalized spacial score (nSPS) is 38.1. The highest BCUT2D eigenvalue weighted by Crippen LogP contribution is 2.22. The Morgan fingerprint density at radius 1 is 1.07 bits per heavy atom. The molecule has 14 heavy (non-hydrogen) atoms. The molecule has 0 aromatic carbocycles. The van der Waals surface area contributed by atoms with E-state index in [1.165, 1.54) is 14.2 Å². The maximum atomic E-state index is 11.4. The molecule has 0 aliphatic carbocycles. The second-order valence-corrected chi connectivity index (χ2v) is 3.20. The Morgan fingerprint density at radius 2 is 1.64 bits per heavy atom. The van der Waals surface area contributed by atoms with Gasteiger partial charge in [0.25, 0.3) is 0 Å². The van der Waals surface area contributed by atoms with Crippen molar-refractivity contribution in [1.29, 1.82) is 0 Å². The van der Waals surface area contributed by atoms with Crippen LogP contribution in [-0.2, 0) is 23.7 Å². The summed E-state index contributed by atoms with van der Waals surface area (Å²) in [4.78, 5) is 11.4. The molecule has 1 heterocycles. The lowest BCUT2D eigenvalue weighted by molar-refractivity contribution is -0.212. The minimum Gasteiger partial charge on any atom is -0.458 e. The highest BCUT2D eigenvalue weighted by molar-refractivity contribution is 5.76. The van der Waals surface area contributed by atoms with Crippen LogP contribution in [0.1, 0.15) is 6.92 Å². The second kappa shape index (κ2) is 4.72. The van der Waals surface area contributed by atoms with Crippen LogP contribution in [0.25, 0.3) is 0 Å². The van der Waals surface area contributed by atoms with Gasteiger partial charge in [-0.15, -0.1) is 0 Å². The fourth-order valence-corrected chi connectivity index (χ4v) is 1.70. The summed E-state index contributed by atoms with van der Waals surface area (Å²) >= 11 is 0. The Hall–Kier alpha value is -0.650. The second-order valence-electron chi connectivity index (χ2n) is 3.20. The summed E-state index contributed by atoms with van der Waals surface area (Å²) in [6.07, 6.45) is -1.73. The van der Waals surface area contributed by atoms with Crippen molar-refractivity contribution >= 4 is 5.97 Å². The number of rotatable bonds is 3. The van der Waals surface area contributed by atoms with Crippen molar-refractivity contribution in [2.75, 3.05) is 21.3 Å². The Kier molecular flexibility index (Phi) is 3.86. The molecule has 0 spiro atoms. The summed E-state index contributed by atoms with van der Waals surface area (Å²) < 4.78 is 20.5. The van der Waals surface area contributed by atoms with Crippen LogP contribution in [0, 0.1) is 0 Å². The average molecular weight is 204 g/mol. The van der Waals surface area contributed by atoms with Gasteiger partial charge in [0.2, 0.25) is 0 Å². The van der Waals surface area contributed by atoms with E-state index in [1.54, 1.807) is 14.0 Å². The largest absolute Gasteiger partial charge is 0.458 e. The number of hydrogen-bond acceptors (Lipinski definition) is 5. The molecule has 4 atom stereocenters. The quantitative estimate of drug-likeness (QED) is 0.604. The van der Waals surface area contributed by atoms with Gasteiger partial charge in [0.1, 0.15) is 18.3 Å². The number of cyclic esters (lactones) is 1. The molecule has 0 amide bonds. The van der Waals surface area contributed by atoms with Crippen LogP contribution in [0.15, 0.2) is 0 Å². The van der Waals surface area contributed by atoms with Crippen LogP contribution >= 0.6 is 0 Å². The number of carbonyl (C=O) groups excluding carboxylic acids is 1. The Labute approximate surface area is 83.3 Å². The number of methoxy groups -OCH3 is 3. The first-order valence-electron chi connectivity index (χ1n) is 4.44. The van der Waals surface area contributed by atoms with Crippen molar-refractivity contribution in [3.05, 3.63) is 0 Å². The topological polar surface area (TPSA) is 54.0 Å². The first-order valence-corrected chi connectivity index (χ1v) is 4.44. The lowest BCUT2D eigenvalue weighted by atomic mass is 10.00. The van der Waals surface area contributed by atoms with Crippen molar-refractivity contribution in [3.63, 3.8) is 0 Å². The molecule has 1 aliphatic heterocycles. The lowest BCUT2D eigenvalue weighted by Gasteiger charge is -2.37. The predicted molar refractivity (Wildman–Crippen MR) is 47.9 cm³/mol. The lowest BCUT2D eigenvalue weighted by Crippen LogP contribution is -2.56. The van der Waals surface area contributed by atoms with Crippen LogP contribution in [0.3, 0.4) is 0 Å². The molecule has 0 saturated carbocycles. The molecule has 0 aromatic rings. The molecule has 1 aliphatic rings. The zero-order chi connectivity index (χ0) is 10.7. The summed E-state index contributed by atoms with van der Waals surface area (Å²) in [5, 5.41) is 0. The number of esters is 1. The molecule has 1 rings (SSSR count). The molecule has 1 fully saturated rings. The molecule has 1 saturated heterocycles. The number of ether oxygens (including phenoxy) is 4. The fourth-order valence-electron chi connectivity index (χ4n) is 1.70. The van der Waals surface area contributed by atoms with E-state index in [0.717, 1.165) is 0 Å². The van der Waals surface area contributed by atoms with E-state index in [4.69, 9.17) is 18.9 Å². The molecule has 82 valence electrons. The third-order valence-electron chi connectivity index (χ3n) is 2.42. The number of hydrogen-bond donors (Lipinski definition) is 0. The van der Waals surface area contributed by atoms with Crippen molar-refractivity contribution in [2.45, 2.75) is 31.3 Å². The Balaban J connectivity index is 2.82. The van der Waals surface area contributed by atoms with Crippen molar-refractivity contribution in [1.82, 2.24) is 0 Å². The molecule has 0 unspecified atom stereocenters. The van der Waals surface area contributed by atoms with Crippen LogP contribution < -0.4 is 0 Å². The summed E-state index contributed by atoms with van der Waals surface area (Å²) in [5.41, 5.74) is 0. The summed E-state index contributed by atoms with van der Waals surface area (Å²) in [6, 6.07) is 0. The SMILES string of the molecule is CO[C@@H]1[C@H](OC)[C@H](C)OC(=O)[C@@H]1OC. The van der Waals surface area contributed by atoms with E-state index >= 15 is 0 Å². The summed E-state index contributed by atoms with van der Waals surface area (Å²) in [5.74, 6) is -0.403. The molecular formula is C9H16O5. The van der Waals surface area contributed by atoms with Crippen molar-refractivity contribution < 1.29 is 23.7 Å². The van der Waals surface area contributed by atoms with E-state index in [9.17, 15) is 4.79 Å². The van der Waals surface area contributed by atoms with Gasteiger partial charge in [0, 0.05) is 21.3 Å². The van der Waals surface area contributed by atoms with Crippen LogP contribution in [0.2, 0.25) is 0 Å². The van der Waals surface area contributed by atoms with Crippen LogP contribution in [0.4, 0.5) is 0 Å². The highest BCUT2D eigenvalue weighted by Gasteiger charge is 2.45. The molecule has 0 bridgehead atoms. The summed E-state index contributed by atoms with van der Waals surface area (Å²) in [6.45, 7) is 1.77. The van der Waals surface area contributed by atoms with Crippen LogP contribution in [-0.4, -0.2) is 51.7 Å². The molecule has 0 aromatic heterocycles. The zero-order valence-corrected chi connectivity index (χ0v) is 8.85. The van der Waals surface area contributed by atoms with Crippen molar-refractivity contribution in [2.24, 2.45) is 0 Å². The van der Waals surface area contributed by atoms with Gasteiger partial charge in [-0.1, -0.05) is 0 Å². The molecule has 0 radical (unpaired) electrons. The summed E-state index contributed by atoms with van der Waals surface area (Å²) in [7, 11) is 4.52. The van der Waals surface area contributed by atoms with E-state index in [0.29, 0.717) is 0 Å². The maximum absolute atomic E-state index is 11.4.